The van der Waals surface area contributed by atoms with Gasteiger partial charge in [0.05, 0.1) is 22.5 Å². The number of halogens is 14. The summed E-state index contributed by atoms with van der Waals surface area (Å²) in [5.74, 6) is -25.7. The van der Waals surface area contributed by atoms with E-state index in [4.69, 9.17) is 0 Å². The predicted molar refractivity (Wildman–Crippen MR) is 123 cm³/mol. The molecular weight excluding hydrogens is 634 g/mol. The van der Waals surface area contributed by atoms with Crippen molar-refractivity contribution in [2.45, 2.75) is 36.0 Å². The summed E-state index contributed by atoms with van der Waals surface area (Å²) in [6, 6.07) is 4.01. The Hall–Kier alpha value is -4.38. The van der Waals surface area contributed by atoms with Crippen LogP contribution in [0.1, 0.15) is 22.5 Å². The molecule has 0 aliphatic carbocycles. The predicted octanol–water partition coefficient (Wildman–Crippen LogP) is 8.79. The van der Waals surface area contributed by atoms with Crippen LogP contribution in [0.2, 0.25) is 0 Å². The normalized spacial score (nSPS) is 13.7. The molecule has 234 valence electrons. The van der Waals surface area contributed by atoms with Crippen LogP contribution in [0.4, 0.5) is 61.5 Å². The highest BCUT2D eigenvalue weighted by Crippen LogP contribution is 2.58. The van der Waals surface area contributed by atoms with Gasteiger partial charge in [0, 0.05) is 35.9 Å². The van der Waals surface area contributed by atoms with Gasteiger partial charge in [-0.2, -0.15) is 61.5 Å². The number of rotatable bonds is 7. The van der Waals surface area contributed by atoms with Crippen molar-refractivity contribution < 1.29 is 61.5 Å². The first kappa shape index (κ1) is 32.5. The number of aromatic nitrogens is 4. The molecule has 0 amide bonds. The van der Waals surface area contributed by atoms with Crippen LogP contribution in [0, 0.1) is 0 Å². The molecule has 4 aromatic rings. The van der Waals surface area contributed by atoms with Crippen molar-refractivity contribution in [1.29, 1.82) is 0 Å². The Bertz CT molecular complexity index is 1470. The van der Waals surface area contributed by atoms with Gasteiger partial charge >= 0.3 is 36.0 Å². The minimum absolute atomic E-state index is 0.0842. The van der Waals surface area contributed by atoms with Gasteiger partial charge in [0.15, 0.2) is 0 Å². The standard InChI is InChI=1S/C26H12F14N4/c27-21(28,19-7-1-13(9-43-19)17-5-3-15(11-41-17)23(31,32)33)25(37,38)26(39,40)22(29,30)20-8-2-14(10-44-20)18-6-4-16(12-42-18)24(34,35)36/h1-12H. The maximum Gasteiger partial charge on any atom is 0.417 e. The monoisotopic (exact) mass is 646 g/mol. The molecule has 0 atom stereocenters. The maximum absolute atomic E-state index is 14.7. The Morgan fingerprint density at radius 3 is 0.932 bits per heavy atom. The van der Waals surface area contributed by atoms with Crippen molar-refractivity contribution in [3.8, 4) is 22.5 Å². The van der Waals surface area contributed by atoms with E-state index >= 15 is 0 Å². The lowest BCUT2D eigenvalue weighted by atomic mass is 9.93. The van der Waals surface area contributed by atoms with E-state index in [1.807, 2.05) is 0 Å². The highest BCUT2D eigenvalue weighted by atomic mass is 19.4. The van der Waals surface area contributed by atoms with E-state index < -0.39 is 58.6 Å². The van der Waals surface area contributed by atoms with Crippen molar-refractivity contribution in [2.24, 2.45) is 0 Å². The Balaban J connectivity index is 1.59. The average Bonchev–Trinajstić information content (AvgIpc) is 2.96. The molecule has 0 radical (unpaired) electrons. The fraction of sp³-hybridized carbons (Fsp3) is 0.231. The molecule has 0 fully saturated rings. The zero-order valence-corrected chi connectivity index (χ0v) is 21.0. The number of hydrogen-bond donors (Lipinski definition) is 0. The molecule has 44 heavy (non-hydrogen) atoms. The largest absolute Gasteiger partial charge is 0.417 e. The van der Waals surface area contributed by atoms with Crippen LogP contribution in [0.15, 0.2) is 73.3 Å². The first-order valence-electron chi connectivity index (χ1n) is 11.6. The molecule has 4 heterocycles. The van der Waals surface area contributed by atoms with Gasteiger partial charge in [0.1, 0.15) is 11.4 Å². The molecule has 4 nitrogen and oxygen atoms in total. The Morgan fingerprint density at radius 2 is 0.705 bits per heavy atom. The van der Waals surface area contributed by atoms with Crippen LogP contribution >= 0.6 is 0 Å². The molecule has 0 aromatic carbocycles. The van der Waals surface area contributed by atoms with E-state index in [9.17, 15) is 61.5 Å². The van der Waals surface area contributed by atoms with Crippen molar-refractivity contribution >= 4 is 0 Å². The summed E-state index contributed by atoms with van der Waals surface area (Å²) >= 11 is 0. The number of nitrogens with zero attached hydrogens (tertiary/aromatic N) is 4. The summed E-state index contributed by atoms with van der Waals surface area (Å²) in [4.78, 5) is 12.7. The average molecular weight is 646 g/mol. The summed E-state index contributed by atoms with van der Waals surface area (Å²) < 4.78 is 194. The molecule has 0 saturated heterocycles. The third kappa shape index (κ3) is 5.63. The fourth-order valence-electron chi connectivity index (χ4n) is 3.64. The van der Waals surface area contributed by atoms with E-state index in [0.29, 0.717) is 49.1 Å². The minimum atomic E-state index is -6.81. The first-order valence-corrected chi connectivity index (χ1v) is 11.6. The van der Waals surface area contributed by atoms with Gasteiger partial charge < -0.3 is 0 Å². The van der Waals surface area contributed by atoms with E-state index in [1.54, 1.807) is 0 Å². The summed E-state index contributed by atoms with van der Waals surface area (Å²) in [6.45, 7) is 0. The molecule has 4 aromatic heterocycles. The lowest BCUT2D eigenvalue weighted by Gasteiger charge is -2.36. The van der Waals surface area contributed by atoms with Crippen LogP contribution in [0.5, 0.6) is 0 Å². The van der Waals surface area contributed by atoms with E-state index in [2.05, 4.69) is 19.9 Å². The van der Waals surface area contributed by atoms with Crippen molar-refractivity contribution in [2.75, 3.05) is 0 Å². The molecule has 0 bridgehead atoms. The zero-order chi connectivity index (χ0) is 32.9. The maximum atomic E-state index is 14.7. The van der Waals surface area contributed by atoms with Crippen molar-refractivity contribution in [3.05, 3.63) is 95.8 Å². The van der Waals surface area contributed by atoms with Crippen molar-refractivity contribution in [3.63, 3.8) is 0 Å². The fourth-order valence-corrected chi connectivity index (χ4v) is 3.64. The Morgan fingerprint density at radius 1 is 0.364 bits per heavy atom. The van der Waals surface area contributed by atoms with Gasteiger partial charge in [0.2, 0.25) is 0 Å². The smallest absolute Gasteiger partial charge is 0.256 e. The molecular formula is C26H12F14N4. The third-order valence-corrected chi connectivity index (χ3v) is 6.13. The summed E-state index contributed by atoms with van der Waals surface area (Å²) in [5.41, 5.74) is -7.72. The van der Waals surface area contributed by atoms with Crippen LogP contribution in [-0.4, -0.2) is 31.8 Å². The highest BCUT2D eigenvalue weighted by molar-refractivity contribution is 5.59. The van der Waals surface area contributed by atoms with Gasteiger partial charge in [0.25, 0.3) is 0 Å². The molecule has 0 spiro atoms. The topological polar surface area (TPSA) is 51.6 Å². The Kier molecular flexibility index (Phi) is 7.88. The van der Waals surface area contributed by atoms with Gasteiger partial charge in [-0.3, -0.25) is 19.9 Å². The lowest BCUT2D eigenvalue weighted by Crippen LogP contribution is -2.60. The van der Waals surface area contributed by atoms with E-state index in [-0.39, 0.29) is 34.6 Å². The molecule has 0 N–H and O–H groups in total. The molecule has 0 saturated carbocycles. The van der Waals surface area contributed by atoms with Gasteiger partial charge in [-0.05, 0) is 48.5 Å². The van der Waals surface area contributed by atoms with Crippen LogP contribution in [0.3, 0.4) is 0 Å². The molecule has 18 heteroatoms. The van der Waals surface area contributed by atoms with E-state index in [0.717, 1.165) is 12.1 Å². The first-order chi connectivity index (χ1) is 20.1. The third-order valence-electron chi connectivity index (χ3n) is 6.13. The minimum Gasteiger partial charge on any atom is -0.256 e. The summed E-state index contributed by atoms with van der Waals surface area (Å²) in [5, 5.41) is 0. The van der Waals surface area contributed by atoms with Gasteiger partial charge in [-0.25, -0.2) is 0 Å². The van der Waals surface area contributed by atoms with Crippen molar-refractivity contribution in [1.82, 2.24) is 19.9 Å². The molecule has 0 unspecified atom stereocenters. The number of alkyl halides is 14. The van der Waals surface area contributed by atoms with E-state index in [1.165, 1.54) is 0 Å². The zero-order valence-electron chi connectivity index (χ0n) is 21.0. The number of pyridine rings is 4. The summed E-state index contributed by atoms with van der Waals surface area (Å²) in [6.07, 6.45) is -8.02. The molecule has 0 aliphatic heterocycles. The Labute approximate surface area is 236 Å². The highest BCUT2D eigenvalue weighted by Gasteiger charge is 2.82. The molecule has 4 rings (SSSR count). The second kappa shape index (κ2) is 10.7. The molecule has 0 aliphatic rings. The van der Waals surface area contributed by atoms with Crippen LogP contribution < -0.4 is 0 Å². The lowest BCUT2D eigenvalue weighted by molar-refractivity contribution is -0.376. The van der Waals surface area contributed by atoms with Gasteiger partial charge in [-0.1, -0.05) is 0 Å². The quantitative estimate of drug-likeness (QED) is 0.189. The second-order valence-corrected chi connectivity index (χ2v) is 9.02. The summed E-state index contributed by atoms with van der Waals surface area (Å²) in [7, 11) is 0. The van der Waals surface area contributed by atoms with Crippen LogP contribution in [-0.2, 0) is 24.2 Å². The van der Waals surface area contributed by atoms with Crippen LogP contribution in [0.25, 0.3) is 22.5 Å². The number of hydrogen-bond acceptors (Lipinski definition) is 4. The second-order valence-electron chi connectivity index (χ2n) is 9.02. The van der Waals surface area contributed by atoms with Gasteiger partial charge in [-0.15, -0.1) is 0 Å². The SMILES string of the molecule is FC(F)(F)c1ccc(-c2ccc(C(F)(F)C(F)(F)C(F)(F)C(F)(F)c3ccc(-c4ccc(C(F)(F)F)cn4)cn3)nc2)nc1.